The molecule has 0 radical (unpaired) electrons. The normalized spacial score (nSPS) is 16.2. The number of carbonyl (C=O) groups excluding carboxylic acids is 1. The average Bonchev–Trinajstić information content (AvgIpc) is 3.34. The van der Waals surface area contributed by atoms with Gasteiger partial charge < -0.3 is 26.4 Å². The molecule has 1 amide bonds. The van der Waals surface area contributed by atoms with E-state index >= 15 is 0 Å². The summed E-state index contributed by atoms with van der Waals surface area (Å²) in [7, 11) is 1.97. The van der Waals surface area contributed by atoms with Gasteiger partial charge in [-0.15, -0.1) is 0 Å². The molecule has 9 heteroatoms. The summed E-state index contributed by atoms with van der Waals surface area (Å²) in [6, 6.07) is 16.5. The summed E-state index contributed by atoms with van der Waals surface area (Å²) in [4.78, 5) is 21.5. The molecule has 1 fully saturated rings. The van der Waals surface area contributed by atoms with E-state index < -0.39 is 6.04 Å². The number of benzene rings is 2. The van der Waals surface area contributed by atoms with Crippen molar-refractivity contribution in [2.45, 2.75) is 31.4 Å². The first-order valence-electron chi connectivity index (χ1n) is 11.2. The molecule has 33 heavy (non-hydrogen) atoms. The van der Waals surface area contributed by atoms with Gasteiger partial charge in [0.05, 0.1) is 12.1 Å². The van der Waals surface area contributed by atoms with E-state index in [2.05, 4.69) is 25.9 Å². The SMILES string of the molecule is Bc1cnc(Nc2cccc(NC(=O)C(N)Cc3ccccc3)c2)nc1NCC1CCCO1. The Morgan fingerprint density at radius 2 is 2.00 bits per heavy atom. The highest BCUT2D eigenvalue weighted by atomic mass is 16.5. The molecule has 8 nitrogen and oxygen atoms in total. The van der Waals surface area contributed by atoms with Crippen molar-refractivity contribution >= 4 is 42.4 Å². The zero-order chi connectivity index (χ0) is 23.0. The summed E-state index contributed by atoms with van der Waals surface area (Å²) in [5, 5.41) is 9.46. The van der Waals surface area contributed by atoms with Gasteiger partial charge in [0, 0.05) is 30.7 Å². The van der Waals surface area contributed by atoms with Gasteiger partial charge in [-0.2, -0.15) is 4.98 Å². The van der Waals surface area contributed by atoms with Crippen LogP contribution in [-0.2, 0) is 16.0 Å². The summed E-state index contributed by atoms with van der Waals surface area (Å²) < 4.78 is 5.67. The maximum Gasteiger partial charge on any atom is 0.241 e. The summed E-state index contributed by atoms with van der Waals surface area (Å²) in [6.07, 6.45) is 4.65. The van der Waals surface area contributed by atoms with E-state index in [0.29, 0.717) is 18.1 Å². The number of rotatable bonds is 9. The van der Waals surface area contributed by atoms with Crippen LogP contribution in [0.15, 0.2) is 60.8 Å². The average molecular weight is 444 g/mol. The Labute approximate surface area is 194 Å². The molecular weight excluding hydrogens is 415 g/mol. The zero-order valence-electron chi connectivity index (χ0n) is 18.8. The largest absolute Gasteiger partial charge is 0.376 e. The Morgan fingerprint density at radius 3 is 2.79 bits per heavy atom. The van der Waals surface area contributed by atoms with Crippen LogP contribution >= 0.6 is 0 Å². The van der Waals surface area contributed by atoms with Crippen LogP contribution in [0.4, 0.5) is 23.1 Å². The monoisotopic (exact) mass is 444 g/mol. The lowest BCUT2D eigenvalue weighted by atomic mass is 9.99. The third kappa shape index (κ3) is 6.53. The van der Waals surface area contributed by atoms with E-state index in [4.69, 9.17) is 10.5 Å². The number of nitrogens with two attached hydrogens (primary N) is 1. The number of hydrogen-bond donors (Lipinski definition) is 4. The molecule has 0 saturated carbocycles. The number of ether oxygens (including phenoxy) is 1. The minimum atomic E-state index is -0.637. The fourth-order valence-corrected chi connectivity index (χ4v) is 3.70. The van der Waals surface area contributed by atoms with Gasteiger partial charge >= 0.3 is 0 Å². The highest BCUT2D eigenvalue weighted by Gasteiger charge is 2.16. The molecule has 3 aromatic rings. The first-order chi connectivity index (χ1) is 16.1. The third-order valence-electron chi connectivity index (χ3n) is 5.51. The second kappa shape index (κ2) is 10.9. The number of nitrogens with one attached hydrogen (secondary N) is 3. The van der Waals surface area contributed by atoms with E-state index in [1.165, 1.54) is 0 Å². The molecule has 1 aliphatic heterocycles. The van der Waals surface area contributed by atoms with Crippen LogP contribution < -0.4 is 27.1 Å². The minimum absolute atomic E-state index is 0.226. The molecule has 170 valence electrons. The number of hydrogen-bond acceptors (Lipinski definition) is 7. The zero-order valence-corrected chi connectivity index (χ0v) is 18.8. The number of carbonyl (C=O) groups is 1. The first-order valence-corrected chi connectivity index (χ1v) is 11.2. The molecule has 2 atom stereocenters. The molecule has 0 aliphatic carbocycles. The molecule has 0 spiro atoms. The number of nitrogens with zero attached hydrogens (tertiary/aromatic N) is 2. The van der Waals surface area contributed by atoms with Crippen molar-refractivity contribution in [3.63, 3.8) is 0 Å². The van der Waals surface area contributed by atoms with Crippen molar-refractivity contribution in [3.8, 4) is 0 Å². The highest BCUT2D eigenvalue weighted by Crippen LogP contribution is 2.19. The molecule has 2 unspecified atom stereocenters. The van der Waals surface area contributed by atoms with Gasteiger partial charge in [0.1, 0.15) is 13.7 Å². The summed E-state index contributed by atoms with van der Waals surface area (Å²) >= 11 is 0. The van der Waals surface area contributed by atoms with Crippen molar-refractivity contribution in [1.29, 1.82) is 0 Å². The fraction of sp³-hybridized carbons (Fsp3) is 0.292. The second-order valence-corrected chi connectivity index (χ2v) is 8.23. The third-order valence-corrected chi connectivity index (χ3v) is 5.51. The van der Waals surface area contributed by atoms with E-state index in [-0.39, 0.29) is 12.0 Å². The van der Waals surface area contributed by atoms with E-state index in [9.17, 15) is 4.79 Å². The molecule has 1 aromatic heterocycles. The van der Waals surface area contributed by atoms with Gasteiger partial charge in [-0.25, -0.2) is 4.98 Å². The van der Waals surface area contributed by atoms with Crippen LogP contribution in [0.2, 0.25) is 0 Å². The van der Waals surface area contributed by atoms with Gasteiger partial charge in [0.2, 0.25) is 11.9 Å². The lowest BCUT2D eigenvalue weighted by Crippen LogP contribution is -2.37. The topological polar surface area (TPSA) is 114 Å². The van der Waals surface area contributed by atoms with Crippen LogP contribution in [0, 0.1) is 0 Å². The van der Waals surface area contributed by atoms with Crippen molar-refractivity contribution < 1.29 is 9.53 Å². The van der Waals surface area contributed by atoms with Gasteiger partial charge in [0.25, 0.3) is 0 Å². The van der Waals surface area contributed by atoms with Gasteiger partial charge in [0.15, 0.2) is 0 Å². The first kappa shape index (κ1) is 22.8. The molecule has 2 heterocycles. The fourth-order valence-electron chi connectivity index (χ4n) is 3.70. The van der Waals surface area contributed by atoms with Crippen molar-refractivity contribution in [2.24, 2.45) is 5.73 Å². The number of amides is 1. The number of aromatic nitrogens is 2. The van der Waals surface area contributed by atoms with Gasteiger partial charge in [-0.3, -0.25) is 4.79 Å². The molecule has 1 aliphatic rings. The molecule has 2 aromatic carbocycles. The lowest BCUT2D eigenvalue weighted by Gasteiger charge is -2.15. The van der Waals surface area contributed by atoms with Crippen molar-refractivity contribution in [2.75, 3.05) is 29.1 Å². The van der Waals surface area contributed by atoms with E-state index in [1.54, 1.807) is 6.20 Å². The molecule has 1 saturated heterocycles. The Bertz CT molecular complexity index is 1080. The standard InChI is InChI=1S/C24H29BN6O2/c25-20-15-28-24(31-22(20)27-14-19-10-5-11-33-19)30-18-9-4-8-17(13-18)29-23(32)21(26)12-16-6-2-1-3-7-16/h1-4,6-9,13,15,19,21H,5,10-12,14,25-26H2,(H,29,32)(H2,27,28,30,31). The van der Waals surface area contributed by atoms with Crippen molar-refractivity contribution in [1.82, 2.24) is 9.97 Å². The summed E-state index contributed by atoms with van der Waals surface area (Å²) in [5.41, 5.74) is 9.50. The molecule has 5 N–H and O–H groups in total. The Hall–Kier alpha value is -3.43. The Balaban J connectivity index is 1.36. The van der Waals surface area contributed by atoms with Crippen LogP contribution in [0.3, 0.4) is 0 Å². The smallest absolute Gasteiger partial charge is 0.241 e. The van der Waals surface area contributed by atoms with E-state index in [0.717, 1.165) is 48.5 Å². The van der Waals surface area contributed by atoms with Crippen LogP contribution in [-0.4, -0.2) is 49.0 Å². The maximum atomic E-state index is 12.5. The highest BCUT2D eigenvalue weighted by molar-refractivity contribution is 6.35. The van der Waals surface area contributed by atoms with Gasteiger partial charge in [-0.05, 0) is 48.5 Å². The maximum absolute atomic E-state index is 12.5. The molecular formula is C24H29BN6O2. The quantitative estimate of drug-likeness (QED) is 0.371. The Kier molecular flexibility index (Phi) is 7.54. The van der Waals surface area contributed by atoms with E-state index in [1.807, 2.05) is 62.4 Å². The minimum Gasteiger partial charge on any atom is -0.376 e. The second-order valence-electron chi connectivity index (χ2n) is 8.23. The van der Waals surface area contributed by atoms with Crippen LogP contribution in [0.25, 0.3) is 0 Å². The van der Waals surface area contributed by atoms with Crippen LogP contribution in [0.1, 0.15) is 18.4 Å². The van der Waals surface area contributed by atoms with Gasteiger partial charge in [-0.1, -0.05) is 36.4 Å². The number of anilines is 4. The predicted octanol–water partition coefficient (Wildman–Crippen LogP) is 1.58. The summed E-state index contributed by atoms with van der Waals surface area (Å²) in [5.74, 6) is 1.02. The van der Waals surface area contributed by atoms with Crippen LogP contribution in [0.5, 0.6) is 0 Å². The summed E-state index contributed by atoms with van der Waals surface area (Å²) in [6.45, 7) is 1.55. The molecule has 0 bridgehead atoms. The van der Waals surface area contributed by atoms with Crippen molar-refractivity contribution in [3.05, 3.63) is 66.4 Å². The molecule has 4 rings (SSSR count). The Morgan fingerprint density at radius 1 is 1.18 bits per heavy atom. The predicted molar refractivity (Wildman–Crippen MR) is 134 cm³/mol. The lowest BCUT2D eigenvalue weighted by molar-refractivity contribution is -0.117.